The van der Waals surface area contributed by atoms with Gasteiger partial charge in [0.1, 0.15) is 5.54 Å². The fourth-order valence-corrected chi connectivity index (χ4v) is 3.50. The minimum absolute atomic E-state index is 0.156. The van der Waals surface area contributed by atoms with Crippen molar-refractivity contribution < 1.29 is 4.79 Å². The van der Waals surface area contributed by atoms with Crippen LogP contribution in [0.1, 0.15) is 39.5 Å². The topological polar surface area (TPSA) is 57.3 Å². The van der Waals surface area contributed by atoms with Crippen LogP contribution in [0.5, 0.6) is 0 Å². The Morgan fingerprint density at radius 3 is 2.67 bits per heavy atom. The third-order valence-corrected chi connectivity index (χ3v) is 5.20. The highest BCUT2D eigenvalue weighted by molar-refractivity contribution is 7.13. The fourth-order valence-electron chi connectivity index (χ4n) is 2.87. The maximum Gasteiger partial charge on any atom is 0.246 e. The molecule has 1 aliphatic carbocycles. The third kappa shape index (κ3) is 3.37. The summed E-state index contributed by atoms with van der Waals surface area (Å²) >= 11 is 1.56. The summed E-state index contributed by atoms with van der Waals surface area (Å²) in [6.07, 6.45) is 5.70. The van der Waals surface area contributed by atoms with Crippen molar-refractivity contribution in [2.24, 2.45) is 0 Å². The zero-order chi connectivity index (χ0) is 14.9. The second kappa shape index (κ2) is 5.93. The zero-order valence-corrected chi connectivity index (χ0v) is 13.6. The third-order valence-electron chi connectivity index (χ3n) is 4.51. The molecule has 0 spiro atoms. The molecule has 0 aromatic carbocycles. The van der Waals surface area contributed by atoms with E-state index in [2.05, 4.69) is 34.4 Å². The number of nitrogens with zero attached hydrogens (tertiary/aromatic N) is 2. The molecule has 1 aliphatic heterocycles. The predicted molar refractivity (Wildman–Crippen MR) is 85.6 cm³/mol. The molecule has 0 radical (unpaired) electrons. The Bertz CT molecular complexity index is 476. The van der Waals surface area contributed by atoms with E-state index in [1.807, 2.05) is 5.38 Å². The summed E-state index contributed by atoms with van der Waals surface area (Å²) < 4.78 is 0. The Kier molecular flexibility index (Phi) is 4.17. The number of nitrogens with one attached hydrogen (secondary N) is 2. The summed E-state index contributed by atoms with van der Waals surface area (Å²) in [7, 11) is 0. The van der Waals surface area contributed by atoms with Crippen LogP contribution in [0.15, 0.2) is 11.6 Å². The smallest absolute Gasteiger partial charge is 0.246 e. The molecule has 1 saturated heterocycles. The molecular weight excluding hydrogens is 284 g/mol. The van der Waals surface area contributed by atoms with Gasteiger partial charge in [-0.1, -0.05) is 0 Å². The summed E-state index contributed by atoms with van der Waals surface area (Å²) in [5, 5.41) is 9.40. The number of aromatic nitrogens is 1. The molecule has 3 rings (SSSR count). The molecule has 0 unspecified atom stereocenters. The molecule has 2 N–H and O–H groups in total. The van der Waals surface area contributed by atoms with Crippen molar-refractivity contribution in [2.45, 2.75) is 57.2 Å². The molecular formula is C15H24N4OS. The van der Waals surface area contributed by atoms with Crippen molar-refractivity contribution in [1.29, 1.82) is 0 Å². The number of likely N-dealkylation sites (tertiary alicyclic amines) is 1. The standard InChI is InChI=1S/C15H24N4OS/c1-11(2)19-8-5-15(6-9-19,13(20)17-12-3-4-12)18-14-16-7-10-21-14/h7,10-12H,3-6,8-9H2,1-2H3,(H,16,18)(H,17,20). The van der Waals surface area contributed by atoms with Crippen LogP contribution in [0.4, 0.5) is 5.13 Å². The van der Waals surface area contributed by atoms with Crippen molar-refractivity contribution in [3.63, 3.8) is 0 Å². The normalized spacial score (nSPS) is 22.2. The number of thiazole rings is 1. The van der Waals surface area contributed by atoms with Gasteiger partial charge >= 0.3 is 0 Å². The van der Waals surface area contributed by atoms with E-state index in [0.29, 0.717) is 12.1 Å². The van der Waals surface area contributed by atoms with Crippen molar-refractivity contribution in [3.05, 3.63) is 11.6 Å². The molecule has 0 atom stereocenters. The zero-order valence-electron chi connectivity index (χ0n) is 12.8. The quantitative estimate of drug-likeness (QED) is 0.874. The minimum atomic E-state index is -0.494. The lowest BCUT2D eigenvalue weighted by molar-refractivity contribution is -0.127. The van der Waals surface area contributed by atoms with Crippen LogP contribution in [-0.2, 0) is 4.79 Å². The molecule has 1 aromatic heterocycles. The van der Waals surface area contributed by atoms with Crippen LogP contribution in [0.3, 0.4) is 0 Å². The lowest BCUT2D eigenvalue weighted by Gasteiger charge is -2.42. The Morgan fingerprint density at radius 2 is 2.14 bits per heavy atom. The van der Waals surface area contributed by atoms with Gasteiger partial charge in [-0.05, 0) is 39.5 Å². The Hall–Kier alpha value is -1.14. The summed E-state index contributed by atoms with van der Waals surface area (Å²) in [6, 6.07) is 0.935. The monoisotopic (exact) mass is 308 g/mol. The first-order valence-corrected chi connectivity index (χ1v) is 8.70. The summed E-state index contributed by atoms with van der Waals surface area (Å²) in [4.78, 5) is 19.5. The molecule has 2 fully saturated rings. The van der Waals surface area contributed by atoms with E-state index < -0.39 is 5.54 Å². The molecule has 2 aliphatic rings. The average Bonchev–Trinajstić information content (AvgIpc) is 3.13. The summed E-state index contributed by atoms with van der Waals surface area (Å²) in [6.45, 7) is 6.33. The molecule has 0 bridgehead atoms. The second-order valence-corrected chi connectivity index (χ2v) is 7.32. The minimum Gasteiger partial charge on any atom is -0.351 e. The highest BCUT2D eigenvalue weighted by Gasteiger charge is 2.43. The summed E-state index contributed by atoms with van der Waals surface area (Å²) in [5.74, 6) is 0.156. The van der Waals surface area contributed by atoms with Gasteiger partial charge in [-0.15, -0.1) is 11.3 Å². The van der Waals surface area contributed by atoms with Crippen molar-refractivity contribution in [2.75, 3.05) is 18.4 Å². The lowest BCUT2D eigenvalue weighted by atomic mass is 9.86. The van der Waals surface area contributed by atoms with E-state index >= 15 is 0 Å². The van der Waals surface area contributed by atoms with Gasteiger partial charge < -0.3 is 15.5 Å². The summed E-state index contributed by atoms with van der Waals surface area (Å²) in [5.41, 5.74) is -0.494. The first-order valence-electron chi connectivity index (χ1n) is 7.82. The first-order chi connectivity index (χ1) is 10.1. The van der Waals surface area contributed by atoms with E-state index in [4.69, 9.17) is 0 Å². The van der Waals surface area contributed by atoms with E-state index in [-0.39, 0.29) is 5.91 Å². The first kappa shape index (κ1) is 14.8. The number of amides is 1. The van der Waals surface area contributed by atoms with Crippen LogP contribution in [0.25, 0.3) is 0 Å². The number of carbonyl (C=O) groups is 1. The van der Waals surface area contributed by atoms with E-state index in [9.17, 15) is 4.79 Å². The Balaban J connectivity index is 1.73. The maximum atomic E-state index is 12.8. The van der Waals surface area contributed by atoms with Gasteiger partial charge in [0, 0.05) is 36.8 Å². The molecule has 1 aromatic rings. The number of hydrogen-bond donors (Lipinski definition) is 2. The average molecular weight is 308 g/mol. The predicted octanol–water partition coefficient (Wildman–Crippen LogP) is 2.08. The van der Waals surface area contributed by atoms with Crippen molar-refractivity contribution in [3.8, 4) is 0 Å². The molecule has 21 heavy (non-hydrogen) atoms. The molecule has 1 saturated carbocycles. The number of anilines is 1. The van der Waals surface area contributed by atoms with Crippen LogP contribution in [-0.4, -0.2) is 46.5 Å². The van der Waals surface area contributed by atoms with Crippen molar-refractivity contribution in [1.82, 2.24) is 15.2 Å². The fraction of sp³-hybridized carbons (Fsp3) is 0.733. The highest BCUT2D eigenvalue weighted by atomic mass is 32.1. The second-order valence-electron chi connectivity index (χ2n) is 6.42. The van der Waals surface area contributed by atoms with Crippen LogP contribution >= 0.6 is 11.3 Å². The van der Waals surface area contributed by atoms with Gasteiger partial charge in [0.25, 0.3) is 0 Å². The van der Waals surface area contributed by atoms with Gasteiger partial charge in [-0.2, -0.15) is 0 Å². The van der Waals surface area contributed by atoms with Gasteiger partial charge in [0.05, 0.1) is 0 Å². The Labute approximate surface area is 130 Å². The van der Waals surface area contributed by atoms with Crippen LogP contribution < -0.4 is 10.6 Å². The van der Waals surface area contributed by atoms with Crippen molar-refractivity contribution >= 4 is 22.4 Å². The Morgan fingerprint density at radius 1 is 1.43 bits per heavy atom. The lowest BCUT2D eigenvalue weighted by Crippen LogP contribution is -2.59. The molecule has 1 amide bonds. The van der Waals surface area contributed by atoms with E-state index in [1.165, 1.54) is 0 Å². The SMILES string of the molecule is CC(C)N1CCC(Nc2nccs2)(C(=O)NC2CC2)CC1. The number of carbonyl (C=O) groups excluding carboxylic acids is 1. The number of hydrogen-bond acceptors (Lipinski definition) is 5. The van der Waals surface area contributed by atoms with E-state index in [1.54, 1.807) is 17.5 Å². The van der Waals surface area contributed by atoms with Crippen LogP contribution in [0, 0.1) is 0 Å². The van der Waals surface area contributed by atoms with Gasteiger partial charge in [-0.3, -0.25) is 4.79 Å². The number of piperidine rings is 1. The molecule has 2 heterocycles. The molecule has 6 heteroatoms. The van der Waals surface area contributed by atoms with Gasteiger partial charge in [0.15, 0.2) is 5.13 Å². The molecule has 116 valence electrons. The van der Waals surface area contributed by atoms with Crippen LogP contribution in [0.2, 0.25) is 0 Å². The highest BCUT2D eigenvalue weighted by Crippen LogP contribution is 2.30. The maximum absolute atomic E-state index is 12.8. The number of rotatable bonds is 5. The van der Waals surface area contributed by atoms with Gasteiger partial charge in [0.2, 0.25) is 5.91 Å². The van der Waals surface area contributed by atoms with Gasteiger partial charge in [-0.25, -0.2) is 4.98 Å². The van der Waals surface area contributed by atoms with E-state index in [0.717, 1.165) is 43.9 Å². The molecule has 5 nitrogen and oxygen atoms in total. The largest absolute Gasteiger partial charge is 0.351 e.